The molecule has 2 aliphatic rings. The third-order valence-corrected chi connectivity index (χ3v) is 5.49. The van der Waals surface area contributed by atoms with Gasteiger partial charge in [-0.05, 0) is 61.3 Å². The van der Waals surface area contributed by atoms with Crippen LogP contribution in [-0.2, 0) is 4.79 Å². The van der Waals surface area contributed by atoms with Gasteiger partial charge in [0.05, 0.1) is 12.3 Å². The fourth-order valence-corrected chi connectivity index (χ4v) is 4.18. The van der Waals surface area contributed by atoms with Crippen molar-refractivity contribution in [1.82, 2.24) is 0 Å². The van der Waals surface area contributed by atoms with Crippen LogP contribution in [0.2, 0.25) is 0 Å². The van der Waals surface area contributed by atoms with E-state index in [9.17, 15) is 4.79 Å². The number of ether oxygens (including phenoxy) is 1. The molecule has 3 rings (SSSR count). The molecule has 0 heterocycles. The summed E-state index contributed by atoms with van der Waals surface area (Å²) in [6.45, 7) is 2.40. The first-order chi connectivity index (χ1) is 12.1. The Balaban J connectivity index is 0.00000243. The van der Waals surface area contributed by atoms with Crippen LogP contribution in [0.15, 0.2) is 35.9 Å². The van der Waals surface area contributed by atoms with Crippen LogP contribution >= 0.6 is 0 Å². The van der Waals surface area contributed by atoms with Crippen LogP contribution in [0.1, 0.15) is 63.4 Å². The van der Waals surface area contributed by atoms with E-state index in [1.165, 1.54) is 44.1 Å². The molecule has 1 spiro atoms. The number of benzene rings is 1. The van der Waals surface area contributed by atoms with Crippen LogP contribution in [0.5, 0.6) is 5.75 Å². The molecule has 1 N–H and O–H groups in total. The fourth-order valence-electron chi connectivity index (χ4n) is 4.18. The van der Waals surface area contributed by atoms with E-state index in [-0.39, 0.29) is 41.9 Å². The molecule has 0 aliphatic heterocycles. The monoisotopic (exact) mass is 362 g/mol. The van der Waals surface area contributed by atoms with E-state index >= 15 is 0 Å². The van der Waals surface area contributed by atoms with Crippen molar-refractivity contribution in [1.29, 1.82) is 0 Å². The molecule has 0 radical (unpaired) electrons. The van der Waals surface area contributed by atoms with Crippen LogP contribution in [-0.4, -0.2) is 47.2 Å². The van der Waals surface area contributed by atoms with Crippen molar-refractivity contribution < 1.29 is 14.6 Å². The quantitative estimate of drug-likeness (QED) is 0.467. The van der Waals surface area contributed by atoms with E-state index in [2.05, 4.69) is 17.9 Å². The first-order valence-corrected chi connectivity index (χ1v) is 9.15. The summed E-state index contributed by atoms with van der Waals surface area (Å²) in [7, 11) is 0. The summed E-state index contributed by atoms with van der Waals surface area (Å²) in [5.41, 5.74) is 2.89. The van der Waals surface area contributed by atoms with Gasteiger partial charge in [0, 0.05) is 0 Å². The van der Waals surface area contributed by atoms with Crippen LogP contribution in [0.4, 0.5) is 0 Å². The fraction of sp³-hybridized carbons (Fsp3) is 0.500. The maximum atomic E-state index is 11.0. The molecular formula is C22H27NaO3. The predicted octanol–water partition coefficient (Wildman–Crippen LogP) is 4.28. The van der Waals surface area contributed by atoms with Crippen molar-refractivity contribution in [2.45, 2.75) is 57.8 Å². The van der Waals surface area contributed by atoms with Crippen molar-refractivity contribution in [2.24, 2.45) is 5.41 Å². The number of carboxylic acids is 1. The number of hydrogen-bond acceptors (Lipinski definition) is 2. The average molecular weight is 362 g/mol. The molecule has 0 unspecified atom stereocenters. The Kier molecular flexibility index (Phi) is 7.83. The van der Waals surface area contributed by atoms with E-state index in [1.807, 2.05) is 24.3 Å². The second kappa shape index (κ2) is 9.65. The third kappa shape index (κ3) is 5.39. The molecule has 3 nitrogen and oxygen atoms in total. The van der Waals surface area contributed by atoms with Gasteiger partial charge in [0.1, 0.15) is 12.4 Å². The zero-order valence-electron chi connectivity index (χ0n) is 14.9. The van der Waals surface area contributed by atoms with Crippen molar-refractivity contribution >= 4 is 35.5 Å². The Morgan fingerprint density at radius 2 is 1.96 bits per heavy atom. The van der Waals surface area contributed by atoms with Crippen LogP contribution < -0.4 is 4.74 Å². The summed E-state index contributed by atoms with van der Waals surface area (Å²) >= 11 is 0. The average Bonchev–Trinajstić information content (AvgIpc) is 3.23. The third-order valence-electron chi connectivity index (χ3n) is 5.49. The molecule has 0 saturated heterocycles. The van der Waals surface area contributed by atoms with Gasteiger partial charge >= 0.3 is 35.5 Å². The second-order valence-corrected chi connectivity index (χ2v) is 7.35. The van der Waals surface area contributed by atoms with Gasteiger partial charge < -0.3 is 9.84 Å². The van der Waals surface area contributed by atoms with Gasteiger partial charge in [0.15, 0.2) is 0 Å². The number of aliphatic carboxylic acids is 1. The normalized spacial score (nSPS) is 18.4. The summed E-state index contributed by atoms with van der Waals surface area (Å²) < 4.78 is 5.95. The molecule has 26 heavy (non-hydrogen) atoms. The molecule has 1 saturated carbocycles. The SMILES string of the molecule is CC#C[C@@H](CC(=O)O)c1ccc(OCC2=CCC3(CCCC3)C2)cc1.[NaH]. The van der Waals surface area contributed by atoms with Crippen LogP contribution in [0, 0.1) is 17.3 Å². The predicted molar refractivity (Wildman–Crippen MR) is 106 cm³/mol. The Morgan fingerprint density at radius 3 is 2.58 bits per heavy atom. The Labute approximate surface area is 178 Å². The molecule has 1 aromatic rings. The van der Waals surface area contributed by atoms with Gasteiger partial charge in [0.25, 0.3) is 0 Å². The van der Waals surface area contributed by atoms with Gasteiger partial charge in [-0.3, -0.25) is 4.79 Å². The van der Waals surface area contributed by atoms with Crippen molar-refractivity contribution in [3.63, 3.8) is 0 Å². The van der Waals surface area contributed by atoms with E-state index < -0.39 is 5.97 Å². The topological polar surface area (TPSA) is 46.5 Å². The summed E-state index contributed by atoms with van der Waals surface area (Å²) in [5, 5.41) is 9.02. The van der Waals surface area contributed by atoms with E-state index in [0.29, 0.717) is 12.0 Å². The minimum atomic E-state index is -0.831. The van der Waals surface area contributed by atoms with Crippen LogP contribution in [0.3, 0.4) is 0 Å². The maximum absolute atomic E-state index is 11.0. The van der Waals surface area contributed by atoms with Crippen LogP contribution in [0.25, 0.3) is 0 Å². The van der Waals surface area contributed by atoms with Gasteiger partial charge in [-0.1, -0.05) is 37.0 Å². The van der Waals surface area contributed by atoms with E-state index in [1.54, 1.807) is 6.92 Å². The zero-order valence-corrected chi connectivity index (χ0v) is 14.9. The summed E-state index contributed by atoms with van der Waals surface area (Å²) in [6, 6.07) is 7.69. The minimum absolute atomic E-state index is 0. The van der Waals surface area contributed by atoms with E-state index in [4.69, 9.17) is 9.84 Å². The first kappa shape index (κ1) is 21.1. The molecule has 0 amide bonds. The van der Waals surface area contributed by atoms with Crippen molar-refractivity contribution in [3.05, 3.63) is 41.5 Å². The Hall–Kier alpha value is -1.21. The van der Waals surface area contributed by atoms with Crippen molar-refractivity contribution in [2.75, 3.05) is 6.61 Å². The number of carboxylic acid groups (broad SMARTS) is 1. The summed E-state index contributed by atoms with van der Waals surface area (Å²) in [5.74, 6) is 5.52. The molecular weight excluding hydrogens is 335 g/mol. The summed E-state index contributed by atoms with van der Waals surface area (Å²) in [4.78, 5) is 11.0. The molecule has 0 aromatic heterocycles. The Bertz CT molecular complexity index is 703. The first-order valence-electron chi connectivity index (χ1n) is 9.15. The number of rotatable bonds is 6. The zero-order chi connectivity index (χ0) is 17.7. The molecule has 1 fully saturated rings. The van der Waals surface area contributed by atoms with Crippen molar-refractivity contribution in [3.8, 4) is 17.6 Å². The van der Waals surface area contributed by atoms with Gasteiger partial charge in [-0.2, -0.15) is 0 Å². The summed E-state index contributed by atoms with van der Waals surface area (Å²) in [6.07, 6.45) is 10.3. The molecule has 2 aliphatic carbocycles. The second-order valence-electron chi connectivity index (χ2n) is 7.35. The molecule has 0 bridgehead atoms. The molecule has 4 heteroatoms. The van der Waals surface area contributed by atoms with Gasteiger partial charge in [-0.25, -0.2) is 0 Å². The van der Waals surface area contributed by atoms with Gasteiger partial charge in [0.2, 0.25) is 0 Å². The molecule has 1 atom stereocenters. The number of allylic oxidation sites excluding steroid dienone is 1. The Morgan fingerprint density at radius 1 is 1.27 bits per heavy atom. The number of carbonyl (C=O) groups is 1. The van der Waals surface area contributed by atoms with Gasteiger partial charge in [-0.15, -0.1) is 5.92 Å². The van der Waals surface area contributed by atoms with E-state index in [0.717, 1.165) is 11.3 Å². The standard InChI is InChI=1S/C22H26O3.Na.H/c1-2-5-19(14-21(23)24)18-6-8-20(9-7-18)25-16-17-10-13-22(15-17)11-3-4-12-22;;/h6-10,19H,3-4,11-16H2,1H3,(H,23,24);;/t19-;;/m0../s1. The molecule has 134 valence electrons. The number of hydrogen-bond donors (Lipinski definition) is 1. The molecule has 1 aromatic carbocycles.